The monoisotopic (exact) mass is 519 g/mol. The van der Waals surface area contributed by atoms with Gasteiger partial charge < -0.3 is 19.5 Å². The van der Waals surface area contributed by atoms with Crippen LogP contribution in [0.2, 0.25) is 0 Å². The summed E-state index contributed by atoms with van der Waals surface area (Å²) in [6.07, 6.45) is 11.7. The van der Waals surface area contributed by atoms with E-state index in [-0.39, 0.29) is 18.2 Å². The zero-order valence-electron chi connectivity index (χ0n) is 22.0. The molecule has 0 aliphatic carbocycles. The van der Waals surface area contributed by atoms with Crippen molar-refractivity contribution in [3.05, 3.63) is 71.3 Å². The first-order valence-corrected chi connectivity index (χ1v) is 13.5. The Labute approximate surface area is 223 Å². The second-order valence-corrected chi connectivity index (χ2v) is 9.57. The largest absolute Gasteiger partial charge is 0.512 e. The predicted octanol–water partition coefficient (Wildman–Crippen LogP) is 7.95. The van der Waals surface area contributed by atoms with Crippen molar-refractivity contribution < 1.29 is 29.3 Å². The lowest BCUT2D eigenvalue weighted by Gasteiger charge is -2.11. The molecule has 2 N–H and O–H groups in total. The molecule has 0 aliphatic rings. The number of carbonyl (C=O) groups excluding carboxylic acids is 1. The molecule has 3 aromatic rings. The van der Waals surface area contributed by atoms with Crippen LogP contribution >= 0.6 is 0 Å². The normalized spacial score (nSPS) is 11.3. The van der Waals surface area contributed by atoms with E-state index < -0.39 is 12.1 Å². The molecule has 38 heavy (non-hydrogen) atoms. The second kappa shape index (κ2) is 14.8. The Morgan fingerprint density at radius 2 is 1.55 bits per heavy atom. The van der Waals surface area contributed by atoms with Crippen LogP contribution in [0.25, 0.3) is 17.0 Å². The van der Waals surface area contributed by atoms with Gasteiger partial charge in [-0.2, -0.15) is 0 Å². The third-order valence-electron chi connectivity index (χ3n) is 6.60. The molecule has 0 saturated heterocycles. The van der Waals surface area contributed by atoms with E-state index in [0.29, 0.717) is 28.5 Å². The van der Waals surface area contributed by atoms with Crippen molar-refractivity contribution in [2.24, 2.45) is 0 Å². The topological polar surface area (TPSA) is 106 Å². The van der Waals surface area contributed by atoms with Gasteiger partial charge in [-0.05, 0) is 35.8 Å². The number of aromatic nitrogens is 1. The third-order valence-corrected chi connectivity index (χ3v) is 6.60. The molecule has 7 heteroatoms. The molecule has 0 fully saturated rings. The summed E-state index contributed by atoms with van der Waals surface area (Å²) in [7, 11) is 0. The van der Waals surface area contributed by atoms with Crippen molar-refractivity contribution in [2.75, 3.05) is 0 Å². The van der Waals surface area contributed by atoms with Gasteiger partial charge in [0.05, 0.1) is 17.6 Å². The SMILES string of the molecule is CCCCCCCCCCCC(=O)c1c(OC(=O)O)n(Cc2cccc(C=CC(=O)O)c2)c2ccccc12. The van der Waals surface area contributed by atoms with Crippen LogP contribution in [0.5, 0.6) is 5.88 Å². The number of unbranched alkanes of at least 4 members (excludes halogenated alkanes) is 8. The molecule has 2 aromatic carbocycles. The fourth-order valence-electron chi connectivity index (χ4n) is 4.76. The highest BCUT2D eigenvalue weighted by molar-refractivity contribution is 6.11. The van der Waals surface area contributed by atoms with Crippen molar-refractivity contribution in [1.82, 2.24) is 4.57 Å². The van der Waals surface area contributed by atoms with Gasteiger partial charge in [0.2, 0.25) is 5.88 Å². The Morgan fingerprint density at radius 3 is 2.24 bits per heavy atom. The number of hydrogen-bond donors (Lipinski definition) is 2. The molecule has 0 unspecified atom stereocenters. The fourth-order valence-corrected chi connectivity index (χ4v) is 4.76. The standard InChI is InChI=1S/C31H37NO6/c1-2-3-4-5-6-7-8-9-10-18-27(33)29-25-16-11-12-17-26(25)32(30(29)38-31(36)37)22-24-15-13-14-23(21-24)19-20-28(34)35/h11-17,19-21H,2-10,18,22H2,1H3,(H,34,35)(H,36,37). The van der Waals surface area contributed by atoms with E-state index in [2.05, 4.69) is 6.92 Å². The molecule has 0 amide bonds. The van der Waals surface area contributed by atoms with Crippen molar-refractivity contribution in [2.45, 2.75) is 77.7 Å². The van der Waals surface area contributed by atoms with Gasteiger partial charge in [0.1, 0.15) is 0 Å². The minimum atomic E-state index is -1.48. The van der Waals surface area contributed by atoms with Gasteiger partial charge in [-0.1, -0.05) is 94.7 Å². The van der Waals surface area contributed by atoms with E-state index >= 15 is 0 Å². The quantitative estimate of drug-likeness (QED) is 0.0861. The minimum Gasteiger partial charge on any atom is -0.478 e. The minimum absolute atomic E-state index is 0.0195. The third kappa shape index (κ3) is 8.33. The van der Waals surface area contributed by atoms with E-state index in [9.17, 15) is 19.5 Å². The molecule has 202 valence electrons. The molecule has 0 spiro atoms. The Balaban J connectivity index is 1.80. The van der Waals surface area contributed by atoms with Gasteiger partial charge in [-0.3, -0.25) is 4.79 Å². The number of hydrogen-bond acceptors (Lipinski definition) is 4. The molecule has 0 aliphatic heterocycles. The Hall–Kier alpha value is -3.87. The van der Waals surface area contributed by atoms with E-state index in [4.69, 9.17) is 9.84 Å². The lowest BCUT2D eigenvalue weighted by molar-refractivity contribution is -0.131. The van der Waals surface area contributed by atoms with Crippen LogP contribution in [0.3, 0.4) is 0 Å². The fraction of sp³-hybridized carbons (Fsp3) is 0.387. The summed E-state index contributed by atoms with van der Waals surface area (Å²) in [4.78, 5) is 35.9. The van der Waals surface area contributed by atoms with Crippen molar-refractivity contribution >= 4 is 34.9 Å². The maximum Gasteiger partial charge on any atom is 0.512 e. The van der Waals surface area contributed by atoms with Gasteiger partial charge in [-0.15, -0.1) is 0 Å². The number of nitrogens with zero attached hydrogens (tertiary/aromatic N) is 1. The van der Waals surface area contributed by atoms with Crippen LogP contribution in [0, 0.1) is 0 Å². The number of rotatable bonds is 16. The number of carboxylic acids is 1. The van der Waals surface area contributed by atoms with Gasteiger partial charge in [0, 0.05) is 17.9 Å². The Morgan fingerprint density at radius 1 is 0.868 bits per heavy atom. The summed E-state index contributed by atoms with van der Waals surface area (Å²) in [6.45, 7) is 2.46. The number of para-hydroxylation sites is 1. The summed E-state index contributed by atoms with van der Waals surface area (Å²) in [6, 6.07) is 14.6. The summed E-state index contributed by atoms with van der Waals surface area (Å²) < 4.78 is 6.92. The van der Waals surface area contributed by atoms with Crippen LogP contribution in [0.4, 0.5) is 4.79 Å². The average Bonchev–Trinajstić information content (AvgIpc) is 3.19. The molecule has 3 rings (SSSR count). The smallest absolute Gasteiger partial charge is 0.478 e. The predicted molar refractivity (Wildman–Crippen MR) is 149 cm³/mol. The van der Waals surface area contributed by atoms with Crippen LogP contribution < -0.4 is 4.74 Å². The zero-order valence-corrected chi connectivity index (χ0v) is 22.0. The molecular weight excluding hydrogens is 482 g/mol. The zero-order chi connectivity index (χ0) is 27.3. The van der Waals surface area contributed by atoms with Crippen LogP contribution in [-0.4, -0.2) is 32.7 Å². The van der Waals surface area contributed by atoms with Crippen LogP contribution in [0.1, 0.15) is 92.6 Å². The molecule has 0 radical (unpaired) electrons. The second-order valence-electron chi connectivity index (χ2n) is 9.57. The molecular formula is C31H37NO6. The van der Waals surface area contributed by atoms with Crippen molar-refractivity contribution in [1.29, 1.82) is 0 Å². The number of carboxylic acid groups (broad SMARTS) is 2. The maximum absolute atomic E-state index is 13.4. The summed E-state index contributed by atoms with van der Waals surface area (Å²) in [5.41, 5.74) is 2.50. The Bertz CT molecular complexity index is 1270. The van der Waals surface area contributed by atoms with Crippen molar-refractivity contribution in [3.63, 3.8) is 0 Å². The van der Waals surface area contributed by atoms with Crippen molar-refractivity contribution in [3.8, 4) is 5.88 Å². The average molecular weight is 520 g/mol. The van der Waals surface area contributed by atoms with E-state index in [1.165, 1.54) is 44.6 Å². The van der Waals surface area contributed by atoms with Crippen LogP contribution in [0.15, 0.2) is 54.6 Å². The van der Waals surface area contributed by atoms with E-state index in [1.54, 1.807) is 16.7 Å². The van der Waals surface area contributed by atoms with Crippen LogP contribution in [-0.2, 0) is 11.3 Å². The maximum atomic E-state index is 13.4. The van der Waals surface area contributed by atoms with Gasteiger partial charge >= 0.3 is 12.1 Å². The van der Waals surface area contributed by atoms with Gasteiger partial charge in [0.25, 0.3) is 0 Å². The summed E-state index contributed by atoms with van der Waals surface area (Å²) in [5.74, 6) is -1.15. The number of benzene rings is 2. The molecule has 0 saturated carbocycles. The first kappa shape index (κ1) is 28.7. The number of aliphatic carboxylic acids is 1. The molecule has 0 bridgehead atoms. The molecule has 1 aromatic heterocycles. The lowest BCUT2D eigenvalue weighted by Crippen LogP contribution is -2.12. The summed E-state index contributed by atoms with van der Waals surface area (Å²) in [5, 5.41) is 19.1. The number of Topliss-reactive ketones (excluding diaryl/α,β-unsaturated/α-hetero) is 1. The number of ketones is 1. The number of carbonyl (C=O) groups is 3. The first-order valence-electron chi connectivity index (χ1n) is 13.5. The number of fused-ring (bicyclic) bond motifs is 1. The highest BCUT2D eigenvalue weighted by Gasteiger charge is 2.25. The van der Waals surface area contributed by atoms with E-state index in [1.807, 2.05) is 36.4 Å². The number of ether oxygens (including phenoxy) is 1. The van der Waals surface area contributed by atoms with E-state index in [0.717, 1.165) is 30.9 Å². The lowest BCUT2D eigenvalue weighted by atomic mass is 10.0. The first-order chi connectivity index (χ1) is 18.4. The van der Waals surface area contributed by atoms with Gasteiger partial charge in [-0.25, -0.2) is 9.59 Å². The Kier molecular flexibility index (Phi) is 11.1. The highest BCUT2D eigenvalue weighted by Crippen LogP contribution is 2.35. The molecule has 7 nitrogen and oxygen atoms in total. The van der Waals surface area contributed by atoms with Gasteiger partial charge in [0.15, 0.2) is 5.78 Å². The molecule has 0 atom stereocenters. The molecule has 1 heterocycles. The summed E-state index contributed by atoms with van der Waals surface area (Å²) >= 11 is 0. The highest BCUT2D eigenvalue weighted by atomic mass is 16.7.